The molecule has 0 bridgehead atoms. The molecule has 1 fully saturated rings. The largest absolute Gasteiger partial charge is 0.390 e. The van der Waals surface area contributed by atoms with Gasteiger partial charge >= 0.3 is 5.69 Å². The van der Waals surface area contributed by atoms with Crippen LogP contribution in [0.1, 0.15) is 6.42 Å². The number of nitrogens with one attached hydrogen (secondary N) is 1. The first-order valence-corrected chi connectivity index (χ1v) is 6.31. The van der Waals surface area contributed by atoms with Crippen molar-refractivity contribution in [2.24, 2.45) is 0 Å². The molecule has 8 nitrogen and oxygen atoms in total. The highest BCUT2D eigenvalue weighted by atomic mass is 16.6. The summed E-state index contributed by atoms with van der Waals surface area (Å²) in [7, 11) is 2.07. The lowest BCUT2D eigenvalue weighted by Gasteiger charge is -2.16. The first-order valence-electron chi connectivity index (χ1n) is 6.31. The van der Waals surface area contributed by atoms with Crippen molar-refractivity contribution in [3.05, 3.63) is 22.5 Å². The van der Waals surface area contributed by atoms with Gasteiger partial charge in [-0.3, -0.25) is 14.8 Å². The van der Waals surface area contributed by atoms with E-state index in [1.807, 2.05) is 0 Å². The standard InChI is InChI=1S/C11H19N5O3/c1-14-3-2-9(6-14)12-5-11(17)8-15-7-10(4-13-15)16(18)19/h4,7,9,11-12,17H,2-3,5-6,8H2,1H3. The maximum atomic E-state index is 10.5. The number of likely N-dealkylation sites (tertiary alicyclic amines) is 1. The van der Waals surface area contributed by atoms with Gasteiger partial charge in [0.15, 0.2) is 0 Å². The molecule has 2 atom stereocenters. The molecule has 1 aliphatic rings. The lowest BCUT2D eigenvalue weighted by atomic mass is 10.2. The Kier molecular flexibility index (Phi) is 4.46. The summed E-state index contributed by atoms with van der Waals surface area (Å²) in [5.41, 5.74) is -0.0578. The summed E-state index contributed by atoms with van der Waals surface area (Å²) in [5, 5.41) is 27.5. The van der Waals surface area contributed by atoms with E-state index in [0.29, 0.717) is 12.6 Å². The van der Waals surface area contributed by atoms with Gasteiger partial charge in [-0.15, -0.1) is 0 Å². The van der Waals surface area contributed by atoms with E-state index >= 15 is 0 Å². The number of nitrogens with zero attached hydrogens (tertiary/aromatic N) is 4. The Morgan fingerprint density at radius 3 is 3.11 bits per heavy atom. The molecule has 2 heterocycles. The van der Waals surface area contributed by atoms with Crippen molar-refractivity contribution in [3.63, 3.8) is 0 Å². The Morgan fingerprint density at radius 2 is 2.53 bits per heavy atom. The summed E-state index contributed by atoms with van der Waals surface area (Å²) < 4.78 is 1.39. The van der Waals surface area contributed by atoms with Crippen LogP contribution in [0.25, 0.3) is 0 Å². The number of hydrogen-bond donors (Lipinski definition) is 2. The van der Waals surface area contributed by atoms with Crippen LogP contribution in [0.15, 0.2) is 12.4 Å². The predicted octanol–water partition coefficient (Wildman–Crippen LogP) is -0.554. The highest BCUT2D eigenvalue weighted by molar-refractivity contribution is 5.20. The van der Waals surface area contributed by atoms with E-state index in [-0.39, 0.29) is 12.2 Å². The SMILES string of the molecule is CN1CCC(NCC(O)Cn2cc([N+](=O)[O-])cn2)C1. The molecule has 0 aliphatic carbocycles. The Hall–Kier alpha value is -1.51. The zero-order valence-electron chi connectivity index (χ0n) is 10.9. The fourth-order valence-electron chi connectivity index (χ4n) is 2.23. The second-order valence-electron chi connectivity index (χ2n) is 4.99. The fraction of sp³-hybridized carbons (Fsp3) is 0.727. The molecule has 2 N–H and O–H groups in total. The Bertz CT molecular complexity index is 436. The first kappa shape index (κ1) is 13.9. The van der Waals surface area contributed by atoms with Crippen LogP contribution in [0, 0.1) is 10.1 Å². The van der Waals surface area contributed by atoms with Gasteiger partial charge in [-0.25, -0.2) is 0 Å². The zero-order valence-corrected chi connectivity index (χ0v) is 10.9. The van der Waals surface area contributed by atoms with Crippen LogP contribution >= 0.6 is 0 Å². The van der Waals surface area contributed by atoms with Crippen LogP contribution in [0.4, 0.5) is 5.69 Å². The molecule has 1 aromatic rings. The number of rotatable bonds is 6. The van der Waals surface area contributed by atoms with Crippen LogP contribution in [0.3, 0.4) is 0 Å². The summed E-state index contributed by atoms with van der Waals surface area (Å²) in [5.74, 6) is 0. The van der Waals surface area contributed by atoms with Gasteiger partial charge in [0.2, 0.25) is 0 Å². The van der Waals surface area contributed by atoms with Gasteiger partial charge in [0.05, 0.1) is 17.6 Å². The molecular weight excluding hydrogens is 250 g/mol. The fourth-order valence-corrected chi connectivity index (χ4v) is 2.23. The van der Waals surface area contributed by atoms with E-state index < -0.39 is 11.0 Å². The average molecular weight is 269 g/mol. The average Bonchev–Trinajstić information content (AvgIpc) is 2.96. The molecule has 2 rings (SSSR count). The quantitative estimate of drug-likeness (QED) is 0.531. The van der Waals surface area contributed by atoms with Gasteiger partial charge in [0, 0.05) is 19.1 Å². The van der Waals surface area contributed by atoms with Crippen molar-refractivity contribution in [1.82, 2.24) is 20.0 Å². The Balaban J connectivity index is 1.74. The summed E-state index contributed by atoms with van der Waals surface area (Å²) in [6.45, 7) is 2.77. The molecule has 0 aromatic carbocycles. The van der Waals surface area contributed by atoms with Crippen molar-refractivity contribution < 1.29 is 10.0 Å². The van der Waals surface area contributed by atoms with Crippen molar-refractivity contribution in [2.75, 3.05) is 26.7 Å². The van der Waals surface area contributed by atoms with Gasteiger partial charge in [0.1, 0.15) is 12.4 Å². The van der Waals surface area contributed by atoms with Gasteiger partial charge < -0.3 is 15.3 Å². The molecule has 106 valence electrons. The molecule has 0 spiro atoms. The van der Waals surface area contributed by atoms with Gasteiger partial charge in [-0.1, -0.05) is 0 Å². The van der Waals surface area contributed by atoms with Gasteiger partial charge in [-0.05, 0) is 20.0 Å². The van der Waals surface area contributed by atoms with E-state index in [1.165, 1.54) is 17.1 Å². The van der Waals surface area contributed by atoms with E-state index in [0.717, 1.165) is 19.5 Å². The van der Waals surface area contributed by atoms with E-state index in [2.05, 4.69) is 22.4 Å². The first-order chi connectivity index (χ1) is 9.04. The minimum Gasteiger partial charge on any atom is -0.390 e. The highest BCUT2D eigenvalue weighted by Crippen LogP contribution is 2.09. The van der Waals surface area contributed by atoms with E-state index in [9.17, 15) is 15.2 Å². The molecule has 8 heteroatoms. The Morgan fingerprint density at radius 1 is 1.74 bits per heavy atom. The lowest BCUT2D eigenvalue weighted by Crippen LogP contribution is -2.38. The second-order valence-corrected chi connectivity index (χ2v) is 4.99. The van der Waals surface area contributed by atoms with Gasteiger partial charge in [0.25, 0.3) is 0 Å². The topological polar surface area (TPSA) is 96.5 Å². The summed E-state index contributed by atoms with van der Waals surface area (Å²) in [6, 6.07) is 0.409. The van der Waals surface area contributed by atoms with Crippen LogP contribution in [0.2, 0.25) is 0 Å². The highest BCUT2D eigenvalue weighted by Gasteiger charge is 2.20. The maximum Gasteiger partial charge on any atom is 0.306 e. The molecule has 1 aromatic heterocycles. The maximum absolute atomic E-state index is 10.5. The molecule has 1 saturated heterocycles. The van der Waals surface area contributed by atoms with Crippen molar-refractivity contribution in [3.8, 4) is 0 Å². The molecule has 0 amide bonds. The summed E-state index contributed by atoms with van der Waals surface area (Å²) >= 11 is 0. The molecule has 0 saturated carbocycles. The minimum absolute atomic E-state index is 0.0578. The van der Waals surface area contributed by atoms with Crippen LogP contribution < -0.4 is 5.32 Å². The van der Waals surface area contributed by atoms with Crippen LogP contribution in [-0.2, 0) is 6.54 Å². The number of aliphatic hydroxyl groups is 1. The summed E-state index contributed by atoms with van der Waals surface area (Å²) in [4.78, 5) is 12.2. The number of likely N-dealkylation sites (N-methyl/N-ethyl adjacent to an activating group) is 1. The molecular formula is C11H19N5O3. The number of nitro groups is 1. The smallest absolute Gasteiger partial charge is 0.306 e. The molecule has 1 aliphatic heterocycles. The normalized spacial score (nSPS) is 21.7. The van der Waals surface area contributed by atoms with Gasteiger partial charge in [-0.2, -0.15) is 5.10 Å². The van der Waals surface area contributed by atoms with Crippen LogP contribution in [-0.4, -0.2) is 63.5 Å². The van der Waals surface area contributed by atoms with Crippen molar-refractivity contribution in [1.29, 1.82) is 0 Å². The van der Waals surface area contributed by atoms with Crippen molar-refractivity contribution in [2.45, 2.75) is 25.1 Å². The third kappa shape index (κ3) is 3.98. The zero-order chi connectivity index (χ0) is 13.8. The van der Waals surface area contributed by atoms with E-state index in [4.69, 9.17) is 0 Å². The number of aromatic nitrogens is 2. The van der Waals surface area contributed by atoms with Crippen molar-refractivity contribution >= 4 is 5.69 Å². The molecule has 0 radical (unpaired) electrons. The van der Waals surface area contributed by atoms with Crippen LogP contribution in [0.5, 0.6) is 0 Å². The Labute approximate surface area is 111 Å². The molecule has 2 unspecified atom stereocenters. The summed E-state index contributed by atoms with van der Waals surface area (Å²) in [6.07, 6.45) is 2.99. The number of aliphatic hydroxyl groups excluding tert-OH is 1. The monoisotopic (exact) mass is 269 g/mol. The lowest BCUT2D eigenvalue weighted by molar-refractivity contribution is -0.385. The minimum atomic E-state index is -0.606. The third-order valence-electron chi connectivity index (χ3n) is 3.26. The predicted molar refractivity (Wildman–Crippen MR) is 68.8 cm³/mol. The molecule has 19 heavy (non-hydrogen) atoms. The third-order valence-corrected chi connectivity index (χ3v) is 3.26. The second kappa shape index (κ2) is 6.09. The number of hydrogen-bond acceptors (Lipinski definition) is 6. The van der Waals surface area contributed by atoms with E-state index in [1.54, 1.807) is 0 Å².